The molecule has 3 atom stereocenters. The lowest BCUT2D eigenvalue weighted by Crippen LogP contribution is -2.61. The molecule has 8 rings (SSSR count). The predicted molar refractivity (Wildman–Crippen MR) is 181 cm³/mol. The van der Waals surface area contributed by atoms with Crippen LogP contribution in [0.3, 0.4) is 0 Å². The van der Waals surface area contributed by atoms with E-state index in [1.165, 1.54) is 19.3 Å². The zero-order chi connectivity index (χ0) is 31.5. The van der Waals surface area contributed by atoms with Crippen LogP contribution >= 0.6 is 11.8 Å². The molecule has 3 aromatic carbocycles. The van der Waals surface area contributed by atoms with E-state index < -0.39 is 6.29 Å². The molecule has 0 unspecified atom stereocenters. The zero-order valence-corrected chi connectivity index (χ0v) is 27.2. The van der Waals surface area contributed by atoms with E-state index in [1.807, 2.05) is 36.4 Å². The molecule has 0 radical (unpaired) electrons. The van der Waals surface area contributed by atoms with Crippen LogP contribution in [0.4, 0.5) is 4.79 Å². The molecule has 5 fully saturated rings. The fourth-order valence-corrected chi connectivity index (χ4v) is 9.58. The molecule has 4 bridgehead atoms. The summed E-state index contributed by atoms with van der Waals surface area (Å²) in [5.41, 5.74) is 6.12. The van der Waals surface area contributed by atoms with Gasteiger partial charge in [0.15, 0.2) is 6.29 Å². The van der Waals surface area contributed by atoms with Crippen molar-refractivity contribution in [1.29, 1.82) is 0 Å². The number of thioether (sulfide) groups is 1. The first-order valence-corrected chi connectivity index (χ1v) is 18.1. The molecule has 1 aliphatic heterocycles. The van der Waals surface area contributed by atoms with E-state index in [9.17, 15) is 15.0 Å². The van der Waals surface area contributed by atoms with Gasteiger partial charge in [-0.25, -0.2) is 4.79 Å². The number of amides is 2. The molecule has 4 saturated carbocycles. The van der Waals surface area contributed by atoms with Crippen molar-refractivity contribution in [3.8, 4) is 11.1 Å². The summed E-state index contributed by atoms with van der Waals surface area (Å²) >= 11 is 1.69. The number of nitrogens with one attached hydrogen (secondary N) is 2. The highest BCUT2D eigenvalue weighted by atomic mass is 32.2. The van der Waals surface area contributed by atoms with E-state index in [0.717, 1.165) is 82.6 Å². The minimum atomic E-state index is -0.518. The molecule has 244 valence electrons. The molecule has 4 N–H and O–H groups in total. The van der Waals surface area contributed by atoms with Crippen molar-refractivity contribution in [2.75, 3.05) is 18.1 Å². The Morgan fingerprint density at radius 3 is 2.17 bits per heavy atom. The van der Waals surface area contributed by atoms with E-state index >= 15 is 0 Å². The van der Waals surface area contributed by atoms with Gasteiger partial charge in [0.2, 0.25) is 0 Å². The topological polar surface area (TPSA) is 100 Å². The summed E-state index contributed by atoms with van der Waals surface area (Å²) in [6.45, 7) is 0.627. The number of aliphatic hydroxyl groups excluding tert-OH is 2. The van der Waals surface area contributed by atoms with Crippen LogP contribution in [0.15, 0.2) is 72.8 Å². The minimum Gasteiger partial charge on any atom is -0.396 e. The van der Waals surface area contributed by atoms with Crippen LogP contribution in [0.25, 0.3) is 11.1 Å². The highest BCUT2D eigenvalue weighted by Gasteiger charge is 2.51. The fourth-order valence-electron chi connectivity index (χ4n) is 8.80. The lowest BCUT2D eigenvalue weighted by molar-refractivity contribution is -0.245. The molecule has 8 heteroatoms. The molecule has 3 aromatic rings. The summed E-state index contributed by atoms with van der Waals surface area (Å²) in [6, 6.07) is 24.5. The van der Waals surface area contributed by atoms with Gasteiger partial charge in [0.25, 0.3) is 0 Å². The summed E-state index contributed by atoms with van der Waals surface area (Å²) in [4.78, 5) is 13.2. The summed E-state index contributed by atoms with van der Waals surface area (Å²) in [6.07, 6.45) is 7.55. The number of rotatable bonds is 11. The zero-order valence-electron chi connectivity index (χ0n) is 26.4. The number of urea groups is 1. The van der Waals surface area contributed by atoms with Crippen LogP contribution in [-0.4, -0.2) is 46.0 Å². The second kappa shape index (κ2) is 14.1. The van der Waals surface area contributed by atoms with E-state index in [4.69, 9.17) is 9.47 Å². The molecule has 7 nitrogen and oxygen atoms in total. The van der Waals surface area contributed by atoms with Crippen molar-refractivity contribution in [3.05, 3.63) is 95.1 Å². The van der Waals surface area contributed by atoms with Crippen LogP contribution in [-0.2, 0) is 22.6 Å². The summed E-state index contributed by atoms with van der Waals surface area (Å²) < 4.78 is 12.9. The third-order valence-corrected chi connectivity index (χ3v) is 11.6. The molecule has 1 heterocycles. The second-order valence-electron chi connectivity index (χ2n) is 13.9. The average molecular weight is 643 g/mol. The third kappa shape index (κ3) is 7.16. The molecule has 4 aliphatic carbocycles. The quantitative estimate of drug-likeness (QED) is 0.170. The first-order chi connectivity index (χ1) is 22.5. The molecular formula is C38H46N2O5S. The van der Waals surface area contributed by atoms with E-state index in [2.05, 4.69) is 47.0 Å². The van der Waals surface area contributed by atoms with Gasteiger partial charge in [-0.15, -0.1) is 0 Å². The Bertz CT molecular complexity index is 1440. The SMILES string of the molecule is O=C(NCc1ccccc1-c1ccc([C@H]2O[C@@H](CSCCO)C[C@@H](c3ccc(CO)cc3)O2)cc1)NC12CC3CC(CC(C3)C1)C2. The first-order valence-electron chi connectivity index (χ1n) is 16.9. The maximum absolute atomic E-state index is 13.2. The smallest absolute Gasteiger partial charge is 0.315 e. The summed E-state index contributed by atoms with van der Waals surface area (Å²) in [5.74, 6) is 3.83. The van der Waals surface area contributed by atoms with Crippen molar-refractivity contribution in [1.82, 2.24) is 10.6 Å². The van der Waals surface area contributed by atoms with Crippen LogP contribution < -0.4 is 10.6 Å². The Kier molecular flexibility index (Phi) is 9.70. The minimum absolute atomic E-state index is 0.00411. The van der Waals surface area contributed by atoms with Crippen molar-refractivity contribution >= 4 is 17.8 Å². The molecule has 0 aromatic heterocycles. The molecule has 0 spiro atoms. The largest absolute Gasteiger partial charge is 0.396 e. The van der Waals surface area contributed by atoms with Gasteiger partial charge in [-0.3, -0.25) is 0 Å². The van der Waals surface area contributed by atoms with Gasteiger partial charge in [-0.1, -0.05) is 72.8 Å². The van der Waals surface area contributed by atoms with Gasteiger partial charge < -0.3 is 30.3 Å². The number of carbonyl (C=O) groups is 1. The lowest BCUT2D eigenvalue weighted by Gasteiger charge is -2.56. The van der Waals surface area contributed by atoms with Crippen LogP contribution in [0, 0.1) is 17.8 Å². The molecule has 2 amide bonds. The van der Waals surface area contributed by atoms with Gasteiger partial charge in [0, 0.05) is 35.6 Å². The standard InChI is InChI=1S/C38H46N2O5S/c41-13-14-46-24-33-18-35(30-7-5-25(23-42)6-8-30)45-36(44-33)31-11-9-29(10-12-31)34-4-2-1-3-32(34)22-39-37(43)40-38-19-26-15-27(20-38)17-28(16-26)21-38/h1-12,26-28,33,35-36,41-42H,13-24H2,(H2,39,40,43)/t26?,27?,28?,33-,35+,36+,38?/m1/s1. The number of ether oxygens (including phenoxy) is 2. The Morgan fingerprint density at radius 2 is 1.50 bits per heavy atom. The van der Waals surface area contributed by atoms with Gasteiger partial charge in [-0.05, 0) is 84.1 Å². The lowest BCUT2D eigenvalue weighted by atomic mass is 9.53. The Balaban J connectivity index is 1.02. The fraction of sp³-hybridized carbons (Fsp3) is 0.500. The second-order valence-corrected chi connectivity index (χ2v) is 15.1. The van der Waals surface area contributed by atoms with E-state index in [1.54, 1.807) is 11.8 Å². The Labute approximate surface area is 276 Å². The summed E-state index contributed by atoms with van der Waals surface area (Å²) in [5, 5.41) is 25.4. The van der Waals surface area contributed by atoms with Crippen LogP contribution in [0.1, 0.15) is 79.6 Å². The molecule has 1 saturated heterocycles. The molecular weight excluding hydrogens is 596 g/mol. The van der Waals surface area contributed by atoms with Gasteiger partial charge in [0.1, 0.15) is 0 Å². The number of aliphatic hydroxyl groups is 2. The Hall–Kier alpha value is -2.88. The highest BCUT2D eigenvalue weighted by Crippen LogP contribution is 2.55. The predicted octanol–water partition coefficient (Wildman–Crippen LogP) is 6.88. The number of carbonyl (C=O) groups excluding carboxylic acids is 1. The number of hydrogen-bond donors (Lipinski definition) is 4. The Morgan fingerprint density at radius 1 is 0.826 bits per heavy atom. The number of benzene rings is 3. The van der Waals surface area contributed by atoms with E-state index in [-0.39, 0.29) is 37.0 Å². The highest BCUT2D eigenvalue weighted by molar-refractivity contribution is 7.99. The molecule has 5 aliphatic rings. The van der Waals surface area contributed by atoms with Crippen LogP contribution in [0.5, 0.6) is 0 Å². The van der Waals surface area contributed by atoms with Gasteiger partial charge in [-0.2, -0.15) is 11.8 Å². The maximum atomic E-state index is 13.2. The van der Waals surface area contributed by atoms with Crippen molar-refractivity contribution < 1.29 is 24.5 Å². The van der Waals surface area contributed by atoms with Crippen molar-refractivity contribution in [2.24, 2.45) is 17.8 Å². The van der Waals surface area contributed by atoms with Gasteiger partial charge in [0.05, 0.1) is 25.4 Å². The average Bonchev–Trinajstić information content (AvgIpc) is 3.07. The maximum Gasteiger partial charge on any atom is 0.315 e. The molecule has 46 heavy (non-hydrogen) atoms. The van der Waals surface area contributed by atoms with Crippen LogP contribution in [0.2, 0.25) is 0 Å². The van der Waals surface area contributed by atoms with Crippen molar-refractivity contribution in [2.45, 2.75) is 82.1 Å². The van der Waals surface area contributed by atoms with E-state index in [0.29, 0.717) is 12.3 Å². The van der Waals surface area contributed by atoms with Gasteiger partial charge >= 0.3 is 6.03 Å². The monoisotopic (exact) mass is 642 g/mol. The first kappa shape index (κ1) is 31.7. The summed E-state index contributed by atoms with van der Waals surface area (Å²) in [7, 11) is 0. The third-order valence-electron chi connectivity index (χ3n) is 10.5. The van der Waals surface area contributed by atoms with Crippen molar-refractivity contribution in [3.63, 3.8) is 0 Å². The normalized spacial score (nSPS) is 29.9. The number of hydrogen-bond acceptors (Lipinski definition) is 6.